The van der Waals surface area contributed by atoms with Gasteiger partial charge in [-0.3, -0.25) is 24.1 Å². The van der Waals surface area contributed by atoms with Crippen LogP contribution in [0.1, 0.15) is 48.2 Å². The maximum atomic E-state index is 12.9. The lowest BCUT2D eigenvalue weighted by Crippen LogP contribution is -2.33. The van der Waals surface area contributed by atoms with Crippen LogP contribution in [0.3, 0.4) is 0 Å². The minimum absolute atomic E-state index is 0.199. The van der Waals surface area contributed by atoms with Crippen molar-refractivity contribution in [3.05, 3.63) is 94.4 Å². The van der Waals surface area contributed by atoms with Crippen molar-refractivity contribution in [1.29, 1.82) is 0 Å². The SMILES string of the molecule is CCOc1cc(/C=C2/SC(=O)N(CC(=O)c3ccccc3)C2=O)ccc1OCC(=O)Nc1ccccc1C(C)C. The molecule has 0 saturated carbocycles. The molecule has 3 aromatic rings. The first-order valence-electron chi connectivity index (χ1n) is 12.9. The highest BCUT2D eigenvalue weighted by Gasteiger charge is 2.36. The van der Waals surface area contributed by atoms with Crippen LogP contribution in [0.4, 0.5) is 10.5 Å². The zero-order chi connectivity index (χ0) is 28.6. The Morgan fingerprint density at radius 1 is 0.950 bits per heavy atom. The Kier molecular flexibility index (Phi) is 9.39. The zero-order valence-corrected chi connectivity index (χ0v) is 23.3. The minimum Gasteiger partial charge on any atom is -0.490 e. The van der Waals surface area contributed by atoms with Crippen molar-refractivity contribution in [3.8, 4) is 11.5 Å². The van der Waals surface area contributed by atoms with Crippen molar-refractivity contribution in [2.45, 2.75) is 26.7 Å². The van der Waals surface area contributed by atoms with Gasteiger partial charge in [0.1, 0.15) is 0 Å². The first kappa shape index (κ1) is 28.6. The molecule has 0 atom stereocenters. The van der Waals surface area contributed by atoms with E-state index in [1.165, 1.54) is 0 Å². The van der Waals surface area contributed by atoms with Gasteiger partial charge in [-0.15, -0.1) is 0 Å². The molecule has 0 aliphatic carbocycles. The van der Waals surface area contributed by atoms with E-state index in [0.29, 0.717) is 29.2 Å². The molecule has 0 unspecified atom stereocenters. The Balaban J connectivity index is 1.43. The highest BCUT2D eigenvalue weighted by molar-refractivity contribution is 8.18. The number of amides is 3. The second kappa shape index (κ2) is 13.1. The number of carbonyl (C=O) groups excluding carboxylic acids is 4. The number of benzene rings is 3. The average Bonchev–Trinajstić information content (AvgIpc) is 3.20. The van der Waals surface area contributed by atoms with Gasteiger partial charge in [-0.05, 0) is 60.0 Å². The lowest BCUT2D eigenvalue weighted by Gasteiger charge is -2.15. The summed E-state index contributed by atoms with van der Waals surface area (Å²) in [5.41, 5.74) is 2.81. The molecule has 1 fully saturated rings. The lowest BCUT2D eigenvalue weighted by molar-refractivity contribution is -0.122. The quantitative estimate of drug-likeness (QED) is 0.223. The Morgan fingerprint density at radius 2 is 1.68 bits per heavy atom. The number of imide groups is 1. The summed E-state index contributed by atoms with van der Waals surface area (Å²) in [6.07, 6.45) is 1.57. The topological polar surface area (TPSA) is 102 Å². The van der Waals surface area contributed by atoms with Crippen LogP contribution in [0.2, 0.25) is 0 Å². The van der Waals surface area contributed by atoms with E-state index in [1.807, 2.05) is 31.2 Å². The summed E-state index contributed by atoms with van der Waals surface area (Å²) < 4.78 is 11.5. The van der Waals surface area contributed by atoms with E-state index in [9.17, 15) is 19.2 Å². The Morgan fingerprint density at radius 3 is 2.40 bits per heavy atom. The molecule has 1 heterocycles. The largest absolute Gasteiger partial charge is 0.490 e. The number of nitrogens with one attached hydrogen (secondary N) is 1. The van der Waals surface area contributed by atoms with Crippen molar-refractivity contribution in [1.82, 2.24) is 4.90 Å². The standard InChI is InChI=1S/C31H30N2O6S/c1-4-38-27-16-21(14-15-26(27)39-19-29(35)32-24-13-9-8-12-23(24)20(2)3)17-28-30(36)33(31(37)40-28)18-25(34)22-10-6-5-7-11-22/h5-17,20H,4,18-19H2,1-3H3,(H,32,35)/b28-17+. The van der Waals surface area contributed by atoms with Gasteiger partial charge in [0.15, 0.2) is 23.9 Å². The number of hydrogen-bond acceptors (Lipinski definition) is 7. The van der Waals surface area contributed by atoms with Crippen LogP contribution in [0.5, 0.6) is 11.5 Å². The number of para-hydroxylation sites is 1. The van der Waals surface area contributed by atoms with Crippen LogP contribution >= 0.6 is 11.8 Å². The molecule has 9 heteroatoms. The number of hydrogen-bond donors (Lipinski definition) is 1. The molecule has 40 heavy (non-hydrogen) atoms. The summed E-state index contributed by atoms with van der Waals surface area (Å²) in [5, 5.41) is 2.39. The van der Waals surface area contributed by atoms with Crippen LogP contribution in [-0.2, 0) is 9.59 Å². The maximum absolute atomic E-state index is 12.9. The number of ketones is 1. The highest BCUT2D eigenvalue weighted by atomic mass is 32.2. The number of rotatable bonds is 11. The third kappa shape index (κ3) is 6.98. The van der Waals surface area contributed by atoms with Crippen LogP contribution in [0, 0.1) is 0 Å². The van der Waals surface area contributed by atoms with E-state index in [4.69, 9.17) is 9.47 Å². The van der Waals surface area contributed by atoms with E-state index in [2.05, 4.69) is 19.2 Å². The van der Waals surface area contributed by atoms with Gasteiger partial charge < -0.3 is 14.8 Å². The predicted molar refractivity (Wildman–Crippen MR) is 156 cm³/mol. The molecule has 0 aromatic heterocycles. The molecule has 0 bridgehead atoms. The normalized spacial score (nSPS) is 14.1. The number of ether oxygens (including phenoxy) is 2. The van der Waals surface area contributed by atoms with Gasteiger partial charge in [-0.2, -0.15) is 0 Å². The van der Waals surface area contributed by atoms with Crippen molar-refractivity contribution in [3.63, 3.8) is 0 Å². The van der Waals surface area contributed by atoms with Crippen LogP contribution in [0.15, 0.2) is 77.7 Å². The van der Waals surface area contributed by atoms with Gasteiger partial charge in [0.05, 0.1) is 18.1 Å². The Labute approximate surface area is 237 Å². The number of nitrogens with zero attached hydrogens (tertiary/aromatic N) is 1. The first-order chi connectivity index (χ1) is 19.3. The lowest BCUT2D eigenvalue weighted by atomic mass is 10.0. The smallest absolute Gasteiger partial charge is 0.293 e. The number of carbonyl (C=O) groups is 4. The number of Topliss-reactive ketones (excluding diaryl/α,β-unsaturated/α-hetero) is 1. The summed E-state index contributed by atoms with van der Waals surface area (Å²) in [7, 11) is 0. The fourth-order valence-corrected chi connectivity index (χ4v) is 4.93. The molecule has 206 valence electrons. The summed E-state index contributed by atoms with van der Waals surface area (Å²) >= 11 is 0.777. The van der Waals surface area contributed by atoms with Gasteiger partial charge in [-0.25, -0.2) is 0 Å². The zero-order valence-electron chi connectivity index (χ0n) is 22.5. The van der Waals surface area contributed by atoms with Crippen LogP contribution < -0.4 is 14.8 Å². The third-order valence-corrected chi connectivity index (χ3v) is 6.96. The molecule has 1 N–H and O–H groups in total. The van der Waals surface area contributed by atoms with Gasteiger partial charge in [-0.1, -0.05) is 68.4 Å². The molecule has 1 aliphatic heterocycles. The molecule has 1 saturated heterocycles. The highest BCUT2D eigenvalue weighted by Crippen LogP contribution is 2.35. The van der Waals surface area contributed by atoms with Crippen molar-refractivity contribution >= 4 is 46.4 Å². The Hall–Kier alpha value is -4.37. The van der Waals surface area contributed by atoms with Crippen molar-refractivity contribution in [2.24, 2.45) is 0 Å². The summed E-state index contributed by atoms with van der Waals surface area (Å²) in [6, 6.07) is 21.2. The molecular weight excluding hydrogens is 528 g/mol. The van der Waals surface area contributed by atoms with E-state index in [-0.39, 0.29) is 35.7 Å². The molecule has 0 radical (unpaired) electrons. The van der Waals surface area contributed by atoms with Crippen molar-refractivity contribution in [2.75, 3.05) is 25.1 Å². The summed E-state index contributed by atoms with van der Waals surface area (Å²) in [4.78, 5) is 51.7. The molecule has 4 rings (SSSR count). The van der Waals surface area contributed by atoms with Crippen LogP contribution in [-0.4, -0.2) is 47.5 Å². The second-order valence-corrected chi connectivity index (χ2v) is 10.3. The van der Waals surface area contributed by atoms with Crippen molar-refractivity contribution < 1.29 is 28.7 Å². The fraction of sp³-hybridized carbons (Fsp3) is 0.226. The van der Waals surface area contributed by atoms with E-state index < -0.39 is 11.1 Å². The molecular formula is C31H30N2O6S. The number of thioether (sulfide) groups is 1. The van der Waals surface area contributed by atoms with E-state index >= 15 is 0 Å². The van der Waals surface area contributed by atoms with E-state index in [0.717, 1.165) is 27.9 Å². The monoisotopic (exact) mass is 558 g/mol. The second-order valence-electron chi connectivity index (χ2n) is 9.28. The summed E-state index contributed by atoms with van der Waals surface area (Å²) in [5.74, 6) is -0.145. The molecule has 3 amide bonds. The average molecular weight is 559 g/mol. The molecule has 3 aromatic carbocycles. The summed E-state index contributed by atoms with van der Waals surface area (Å²) in [6.45, 7) is 5.74. The van der Waals surface area contributed by atoms with Gasteiger partial charge in [0.2, 0.25) is 0 Å². The first-order valence-corrected chi connectivity index (χ1v) is 13.7. The maximum Gasteiger partial charge on any atom is 0.293 e. The predicted octanol–water partition coefficient (Wildman–Crippen LogP) is 6.15. The fourth-order valence-electron chi connectivity index (χ4n) is 4.09. The molecule has 1 aliphatic rings. The van der Waals surface area contributed by atoms with Gasteiger partial charge in [0, 0.05) is 11.3 Å². The number of anilines is 1. The third-order valence-electron chi connectivity index (χ3n) is 6.05. The van der Waals surface area contributed by atoms with Gasteiger partial charge in [0.25, 0.3) is 17.1 Å². The Bertz CT molecular complexity index is 1450. The van der Waals surface area contributed by atoms with E-state index in [1.54, 1.807) is 54.6 Å². The molecule has 0 spiro atoms. The van der Waals surface area contributed by atoms with Gasteiger partial charge >= 0.3 is 0 Å². The molecule has 8 nitrogen and oxygen atoms in total. The minimum atomic E-state index is -0.532. The van der Waals surface area contributed by atoms with Crippen LogP contribution in [0.25, 0.3) is 6.08 Å².